The number of hydrogen-bond donors (Lipinski definition) is 0. The Kier molecular flexibility index (Phi) is 4.65. The first kappa shape index (κ1) is 18.0. The van der Waals surface area contributed by atoms with Gasteiger partial charge in [-0.05, 0) is 12.1 Å². The average Bonchev–Trinajstić information content (AvgIpc) is 2.99. The molecule has 0 aromatic carbocycles. The number of alkyl halides is 3. The van der Waals surface area contributed by atoms with E-state index in [9.17, 15) is 13.2 Å². The van der Waals surface area contributed by atoms with Crippen LogP contribution in [0.1, 0.15) is 5.69 Å². The van der Waals surface area contributed by atoms with Gasteiger partial charge in [0, 0.05) is 49.2 Å². The molecule has 0 unspecified atom stereocenters. The van der Waals surface area contributed by atoms with Gasteiger partial charge in [-0.2, -0.15) is 18.2 Å². The molecular formula is C18H19F3N4O2. The third kappa shape index (κ3) is 3.32. The Labute approximate surface area is 153 Å². The summed E-state index contributed by atoms with van der Waals surface area (Å²) >= 11 is 0. The lowest BCUT2D eigenvalue weighted by atomic mass is 10.2. The van der Waals surface area contributed by atoms with Crippen LogP contribution in [-0.2, 0) is 17.5 Å². The van der Waals surface area contributed by atoms with Crippen molar-refractivity contribution < 1.29 is 22.6 Å². The molecule has 0 radical (unpaired) electrons. The van der Waals surface area contributed by atoms with Crippen molar-refractivity contribution in [2.24, 2.45) is 0 Å². The molecule has 0 spiro atoms. The van der Waals surface area contributed by atoms with Gasteiger partial charge in [0.1, 0.15) is 5.65 Å². The minimum absolute atomic E-state index is 0.0639. The van der Waals surface area contributed by atoms with Crippen LogP contribution in [0.3, 0.4) is 0 Å². The normalized spacial score (nSPS) is 16.3. The summed E-state index contributed by atoms with van der Waals surface area (Å²) in [5.41, 5.74) is -0.357. The maximum atomic E-state index is 13.6. The number of morpholine rings is 1. The Morgan fingerprint density at radius 3 is 2.59 bits per heavy atom. The molecule has 0 saturated carbocycles. The second-order valence-electron chi connectivity index (χ2n) is 6.38. The summed E-state index contributed by atoms with van der Waals surface area (Å²) in [6.07, 6.45) is -3.35. The third-order valence-corrected chi connectivity index (χ3v) is 4.81. The van der Waals surface area contributed by atoms with Crippen molar-refractivity contribution in [3.63, 3.8) is 0 Å². The molecule has 144 valence electrons. The van der Waals surface area contributed by atoms with Gasteiger partial charge in [-0.3, -0.25) is 4.90 Å². The first-order valence-corrected chi connectivity index (χ1v) is 8.68. The fourth-order valence-electron chi connectivity index (χ4n) is 3.50. The summed E-state index contributed by atoms with van der Waals surface area (Å²) in [5.74, 6) is 0.361. The van der Waals surface area contributed by atoms with E-state index in [4.69, 9.17) is 9.47 Å². The summed E-state index contributed by atoms with van der Waals surface area (Å²) in [6, 6.07) is 5.00. The fourth-order valence-corrected chi connectivity index (χ4v) is 3.50. The smallest absolute Gasteiger partial charge is 0.435 e. The van der Waals surface area contributed by atoms with E-state index in [-0.39, 0.29) is 5.52 Å². The fraction of sp³-hybridized carbons (Fsp3) is 0.444. The molecule has 0 bridgehead atoms. The van der Waals surface area contributed by atoms with E-state index in [0.717, 1.165) is 13.1 Å². The van der Waals surface area contributed by atoms with Gasteiger partial charge in [-0.1, -0.05) is 0 Å². The summed E-state index contributed by atoms with van der Waals surface area (Å²) in [5, 5.41) is 1.14. The first-order chi connectivity index (χ1) is 13.0. The minimum atomic E-state index is -4.55. The zero-order valence-corrected chi connectivity index (χ0v) is 14.8. The van der Waals surface area contributed by atoms with Gasteiger partial charge < -0.3 is 14.0 Å². The summed E-state index contributed by atoms with van der Waals surface area (Å²) in [6.45, 7) is 3.77. The van der Waals surface area contributed by atoms with Crippen LogP contribution in [0, 0.1) is 0 Å². The monoisotopic (exact) mass is 380 g/mol. The molecule has 4 heterocycles. The predicted octanol–water partition coefficient (Wildman–Crippen LogP) is 2.94. The SMILES string of the molecule is COc1ccc2c3ccnc(C(F)(F)F)c3n(CCN3CCOCC3)c2n1. The lowest BCUT2D eigenvalue weighted by molar-refractivity contribution is -0.140. The van der Waals surface area contributed by atoms with Crippen molar-refractivity contribution in [2.45, 2.75) is 12.7 Å². The largest absolute Gasteiger partial charge is 0.481 e. The Bertz CT molecular complexity index is 965. The Hall–Kier alpha value is -2.39. The maximum absolute atomic E-state index is 13.6. The highest BCUT2D eigenvalue weighted by molar-refractivity contribution is 6.07. The Morgan fingerprint density at radius 2 is 1.89 bits per heavy atom. The molecule has 0 aliphatic carbocycles. The second kappa shape index (κ2) is 6.97. The molecule has 0 atom stereocenters. The van der Waals surface area contributed by atoms with Crippen molar-refractivity contribution in [1.29, 1.82) is 0 Å². The van der Waals surface area contributed by atoms with E-state index in [0.29, 0.717) is 48.6 Å². The van der Waals surface area contributed by atoms with Crippen LogP contribution < -0.4 is 4.74 Å². The van der Waals surface area contributed by atoms with E-state index < -0.39 is 11.9 Å². The molecule has 1 saturated heterocycles. The van der Waals surface area contributed by atoms with Gasteiger partial charge in [0.05, 0.1) is 25.8 Å². The van der Waals surface area contributed by atoms with Crippen LogP contribution in [0.2, 0.25) is 0 Å². The number of aromatic nitrogens is 3. The molecule has 1 fully saturated rings. The summed E-state index contributed by atoms with van der Waals surface area (Å²) in [7, 11) is 1.48. The summed E-state index contributed by atoms with van der Waals surface area (Å²) < 4.78 is 53.0. The quantitative estimate of drug-likeness (QED) is 0.697. The third-order valence-electron chi connectivity index (χ3n) is 4.81. The van der Waals surface area contributed by atoms with Crippen LogP contribution in [0.15, 0.2) is 24.4 Å². The molecule has 3 aromatic heterocycles. The molecule has 1 aliphatic heterocycles. The van der Waals surface area contributed by atoms with Gasteiger partial charge in [-0.15, -0.1) is 0 Å². The number of hydrogen-bond acceptors (Lipinski definition) is 5. The average molecular weight is 380 g/mol. The van der Waals surface area contributed by atoms with Gasteiger partial charge in [0.25, 0.3) is 0 Å². The van der Waals surface area contributed by atoms with Crippen LogP contribution >= 0.6 is 0 Å². The van der Waals surface area contributed by atoms with Gasteiger partial charge >= 0.3 is 6.18 Å². The van der Waals surface area contributed by atoms with E-state index in [1.807, 2.05) is 0 Å². The number of halogens is 3. The van der Waals surface area contributed by atoms with Gasteiger partial charge in [-0.25, -0.2) is 4.98 Å². The Balaban J connectivity index is 1.88. The van der Waals surface area contributed by atoms with Crippen molar-refractivity contribution in [3.05, 3.63) is 30.1 Å². The Morgan fingerprint density at radius 1 is 1.11 bits per heavy atom. The molecule has 3 aromatic rings. The molecule has 4 rings (SSSR count). The lowest BCUT2D eigenvalue weighted by Gasteiger charge is -2.26. The highest BCUT2D eigenvalue weighted by Gasteiger charge is 2.36. The van der Waals surface area contributed by atoms with Crippen molar-refractivity contribution in [3.8, 4) is 5.88 Å². The van der Waals surface area contributed by atoms with Crippen molar-refractivity contribution >= 4 is 21.9 Å². The molecule has 27 heavy (non-hydrogen) atoms. The summed E-state index contributed by atoms with van der Waals surface area (Å²) in [4.78, 5) is 10.2. The molecule has 1 aliphatic rings. The standard InChI is InChI=1S/C18H19F3N4O2/c1-26-14-3-2-13-12-4-5-22-16(18(19,20)21)15(12)25(17(13)23-14)7-6-24-8-10-27-11-9-24/h2-5H,6-11H2,1H3. The zero-order valence-electron chi connectivity index (χ0n) is 14.8. The van der Waals surface area contributed by atoms with Crippen LogP contribution in [0.25, 0.3) is 21.9 Å². The van der Waals surface area contributed by atoms with E-state index in [1.165, 1.54) is 13.3 Å². The first-order valence-electron chi connectivity index (χ1n) is 8.68. The van der Waals surface area contributed by atoms with E-state index in [1.54, 1.807) is 22.8 Å². The number of rotatable bonds is 4. The van der Waals surface area contributed by atoms with Gasteiger partial charge in [0.15, 0.2) is 5.69 Å². The highest BCUT2D eigenvalue weighted by Crippen LogP contribution is 2.37. The number of methoxy groups -OCH3 is 1. The van der Waals surface area contributed by atoms with Crippen LogP contribution in [-0.4, -0.2) is 59.4 Å². The molecule has 6 nitrogen and oxygen atoms in total. The topological polar surface area (TPSA) is 52.4 Å². The van der Waals surface area contributed by atoms with Crippen LogP contribution in [0.4, 0.5) is 13.2 Å². The molecule has 0 amide bonds. The second-order valence-corrected chi connectivity index (χ2v) is 6.38. The maximum Gasteiger partial charge on any atom is 0.435 e. The molecule has 0 N–H and O–H groups in total. The van der Waals surface area contributed by atoms with Gasteiger partial charge in [0.2, 0.25) is 5.88 Å². The number of nitrogens with zero attached hydrogens (tertiary/aromatic N) is 4. The van der Waals surface area contributed by atoms with Crippen LogP contribution in [0.5, 0.6) is 5.88 Å². The highest BCUT2D eigenvalue weighted by atomic mass is 19.4. The lowest BCUT2D eigenvalue weighted by Crippen LogP contribution is -2.38. The minimum Gasteiger partial charge on any atom is -0.481 e. The molecular weight excluding hydrogens is 361 g/mol. The predicted molar refractivity (Wildman–Crippen MR) is 93.8 cm³/mol. The van der Waals surface area contributed by atoms with Crippen molar-refractivity contribution in [1.82, 2.24) is 19.4 Å². The number of pyridine rings is 2. The molecule has 9 heteroatoms. The number of fused-ring (bicyclic) bond motifs is 3. The van der Waals surface area contributed by atoms with E-state index >= 15 is 0 Å². The van der Waals surface area contributed by atoms with E-state index in [2.05, 4.69) is 14.9 Å². The van der Waals surface area contributed by atoms with Crippen molar-refractivity contribution in [2.75, 3.05) is 40.0 Å². The number of ether oxygens (including phenoxy) is 2. The zero-order chi connectivity index (χ0) is 19.0.